The van der Waals surface area contributed by atoms with Gasteiger partial charge in [-0.25, -0.2) is 4.68 Å². The number of hydrogen-bond acceptors (Lipinski definition) is 4. The number of nitrogens with one attached hydrogen (secondary N) is 1. The van der Waals surface area contributed by atoms with E-state index in [1.54, 1.807) is 4.68 Å². The van der Waals surface area contributed by atoms with Gasteiger partial charge in [-0.15, -0.1) is 17.5 Å². The van der Waals surface area contributed by atoms with Crippen LogP contribution in [0.2, 0.25) is 5.02 Å². The highest BCUT2D eigenvalue weighted by Gasteiger charge is 2.27. The van der Waals surface area contributed by atoms with Gasteiger partial charge in [-0.3, -0.25) is 4.79 Å². The van der Waals surface area contributed by atoms with E-state index in [9.17, 15) is 4.79 Å². The van der Waals surface area contributed by atoms with Gasteiger partial charge in [0.15, 0.2) is 5.69 Å². The largest absolute Gasteiger partial charge is 0.334 e. The lowest BCUT2D eigenvalue weighted by atomic mass is 10.1. The summed E-state index contributed by atoms with van der Waals surface area (Å²) in [5.41, 5.74) is 2.12. The van der Waals surface area contributed by atoms with Gasteiger partial charge in [-0.1, -0.05) is 36.2 Å². The number of nitrogens with zero attached hydrogens (tertiary/aromatic N) is 4. The SMILES string of the molecule is CCCc1c(C(=O)N2CCNC(C)C2)nnn1-c1cccc(Cl)c1.Cl. The van der Waals surface area contributed by atoms with Crippen LogP contribution in [0.1, 0.15) is 36.5 Å². The molecule has 6 nitrogen and oxygen atoms in total. The second-order valence-electron chi connectivity index (χ2n) is 6.13. The van der Waals surface area contributed by atoms with Crippen LogP contribution in [0.4, 0.5) is 0 Å². The monoisotopic (exact) mass is 383 g/mol. The van der Waals surface area contributed by atoms with E-state index < -0.39 is 0 Å². The first kappa shape index (κ1) is 19.7. The van der Waals surface area contributed by atoms with E-state index in [4.69, 9.17) is 11.6 Å². The average molecular weight is 384 g/mol. The molecule has 2 heterocycles. The van der Waals surface area contributed by atoms with Gasteiger partial charge in [0.05, 0.1) is 11.4 Å². The first-order chi connectivity index (χ1) is 11.6. The molecular formula is C17H23Cl2N5O. The van der Waals surface area contributed by atoms with Crippen LogP contribution >= 0.6 is 24.0 Å². The summed E-state index contributed by atoms with van der Waals surface area (Å²) >= 11 is 6.09. The summed E-state index contributed by atoms with van der Waals surface area (Å²) in [6.07, 6.45) is 1.65. The van der Waals surface area contributed by atoms with Crippen LogP contribution < -0.4 is 5.32 Å². The van der Waals surface area contributed by atoms with E-state index in [0.717, 1.165) is 30.8 Å². The molecule has 1 unspecified atom stereocenters. The number of rotatable bonds is 4. The van der Waals surface area contributed by atoms with E-state index in [1.807, 2.05) is 29.2 Å². The average Bonchev–Trinajstić information content (AvgIpc) is 2.98. The Morgan fingerprint density at radius 2 is 2.24 bits per heavy atom. The molecule has 0 aliphatic carbocycles. The van der Waals surface area contributed by atoms with Crippen molar-refractivity contribution in [3.63, 3.8) is 0 Å². The van der Waals surface area contributed by atoms with Crippen molar-refractivity contribution in [2.24, 2.45) is 0 Å². The van der Waals surface area contributed by atoms with Gasteiger partial charge in [0.2, 0.25) is 0 Å². The number of carbonyl (C=O) groups excluding carboxylic acids is 1. The molecule has 1 fully saturated rings. The van der Waals surface area contributed by atoms with Crippen LogP contribution in [-0.4, -0.2) is 51.5 Å². The molecule has 8 heteroatoms. The minimum atomic E-state index is -0.0416. The van der Waals surface area contributed by atoms with Crippen molar-refractivity contribution in [2.45, 2.75) is 32.7 Å². The van der Waals surface area contributed by atoms with Crippen LogP contribution in [0, 0.1) is 0 Å². The van der Waals surface area contributed by atoms with Gasteiger partial charge >= 0.3 is 0 Å². The van der Waals surface area contributed by atoms with Gasteiger partial charge in [-0.2, -0.15) is 0 Å². The normalized spacial score (nSPS) is 17.2. The van der Waals surface area contributed by atoms with Crippen molar-refractivity contribution >= 4 is 29.9 Å². The molecule has 0 bridgehead atoms. The number of carbonyl (C=O) groups is 1. The maximum Gasteiger partial charge on any atom is 0.276 e. The standard InChI is InChI=1S/C17H22ClN5O.ClH/c1-3-5-15-16(17(24)22-9-8-19-12(2)11-22)20-21-23(15)14-7-4-6-13(18)10-14;/h4,6-7,10,12,19H,3,5,8-9,11H2,1-2H3;1H. The Morgan fingerprint density at radius 3 is 2.92 bits per heavy atom. The quantitative estimate of drug-likeness (QED) is 0.881. The molecule has 0 radical (unpaired) electrons. The fourth-order valence-electron chi connectivity index (χ4n) is 3.01. The molecule has 1 atom stereocenters. The molecule has 1 amide bonds. The minimum Gasteiger partial charge on any atom is -0.334 e. The van der Waals surface area contributed by atoms with Crippen molar-refractivity contribution in [3.05, 3.63) is 40.7 Å². The second kappa shape index (κ2) is 8.65. The molecule has 1 aliphatic heterocycles. The highest BCUT2D eigenvalue weighted by molar-refractivity contribution is 6.30. The Bertz CT molecular complexity index is 734. The Morgan fingerprint density at radius 1 is 1.44 bits per heavy atom. The van der Waals surface area contributed by atoms with Gasteiger partial charge in [0, 0.05) is 30.7 Å². The first-order valence-corrected chi connectivity index (χ1v) is 8.71. The Hall–Kier alpha value is -1.63. The fourth-order valence-corrected chi connectivity index (χ4v) is 3.20. The Balaban J connectivity index is 0.00000225. The van der Waals surface area contributed by atoms with Crippen LogP contribution in [0.15, 0.2) is 24.3 Å². The Kier molecular flexibility index (Phi) is 6.81. The van der Waals surface area contributed by atoms with Gasteiger partial charge in [0.25, 0.3) is 5.91 Å². The molecule has 1 aromatic carbocycles. The number of aromatic nitrogens is 3. The number of halogens is 2. The van der Waals surface area contributed by atoms with Gasteiger partial charge in [-0.05, 0) is 31.5 Å². The van der Waals surface area contributed by atoms with Crippen molar-refractivity contribution in [1.29, 1.82) is 0 Å². The lowest BCUT2D eigenvalue weighted by Crippen LogP contribution is -2.51. The molecule has 3 rings (SSSR count). The van der Waals surface area contributed by atoms with E-state index >= 15 is 0 Å². The number of piperazine rings is 1. The van der Waals surface area contributed by atoms with Crippen LogP contribution in [0.25, 0.3) is 5.69 Å². The molecule has 25 heavy (non-hydrogen) atoms. The molecular weight excluding hydrogens is 361 g/mol. The zero-order valence-corrected chi connectivity index (χ0v) is 16.0. The van der Waals surface area contributed by atoms with E-state index in [1.165, 1.54) is 0 Å². The van der Waals surface area contributed by atoms with Crippen LogP contribution in [0.5, 0.6) is 0 Å². The van der Waals surface area contributed by atoms with Crippen molar-refractivity contribution in [2.75, 3.05) is 19.6 Å². The summed E-state index contributed by atoms with van der Waals surface area (Å²) in [7, 11) is 0. The van der Waals surface area contributed by atoms with Gasteiger partial charge < -0.3 is 10.2 Å². The summed E-state index contributed by atoms with van der Waals surface area (Å²) in [4.78, 5) is 14.8. The molecule has 0 saturated carbocycles. The molecule has 1 aliphatic rings. The molecule has 1 aromatic heterocycles. The Labute approximate surface area is 158 Å². The molecule has 136 valence electrons. The number of benzene rings is 1. The third-order valence-corrected chi connectivity index (χ3v) is 4.40. The van der Waals surface area contributed by atoms with E-state index in [2.05, 4.69) is 29.5 Å². The zero-order valence-electron chi connectivity index (χ0n) is 14.4. The number of hydrogen-bond donors (Lipinski definition) is 1. The maximum atomic E-state index is 12.9. The predicted molar refractivity (Wildman–Crippen MR) is 101 cm³/mol. The minimum absolute atomic E-state index is 0. The summed E-state index contributed by atoms with van der Waals surface area (Å²) < 4.78 is 1.73. The summed E-state index contributed by atoms with van der Waals surface area (Å²) in [5.74, 6) is -0.0416. The third kappa shape index (κ3) is 4.32. The second-order valence-corrected chi connectivity index (χ2v) is 6.57. The maximum absolute atomic E-state index is 12.9. The highest BCUT2D eigenvalue weighted by atomic mass is 35.5. The van der Waals surface area contributed by atoms with Crippen LogP contribution in [0.3, 0.4) is 0 Å². The van der Waals surface area contributed by atoms with Crippen molar-refractivity contribution < 1.29 is 4.79 Å². The van der Waals surface area contributed by atoms with Crippen molar-refractivity contribution in [3.8, 4) is 5.69 Å². The topological polar surface area (TPSA) is 63.1 Å². The summed E-state index contributed by atoms with van der Waals surface area (Å²) in [6.45, 7) is 6.34. The van der Waals surface area contributed by atoms with Gasteiger partial charge in [0.1, 0.15) is 0 Å². The lowest BCUT2D eigenvalue weighted by Gasteiger charge is -2.31. The zero-order chi connectivity index (χ0) is 17.1. The number of amides is 1. The lowest BCUT2D eigenvalue weighted by molar-refractivity contribution is 0.0702. The predicted octanol–water partition coefficient (Wildman–Crippen LogP) is 2.73. The summed E-state index contributed by atoms with van der Waals surface area (Å²) in [5, 5.41) is 12.4. The molecule has 0 spiro atoms. The fraction of sp³-hybridized carbons (Fsp3) is 0.471. The smallest absolute Gasteiger partial charge is 0.276 e. The molecule has 1 saturated heterocycles. The van der Waals surface area contributed by atoms with Crippen molar-refractivity contribution in [1.82, 2.24) is 25.2 Å². The summed E-state index contributed by atoms with van der Waals surface area (Å²) in [6, 6.07) is 7.72. The molecule has 1 N–H and O–H groups in total. The molecule has 2 aromatic rings. The third-order valence-electron chi connectivity index (χ3n) is 4.16. The van der Waals surface area contributed by atoms with E-state index in [0.29, 0.717) is 29.8 Å². The first-order valence-electron chi connectivity index (χ1n) is 8.33. The highest BCUT2D eigenvalue weighted by Crippen LogP contribution is 2.19. The van der Waals surface area contributed by atoms with E-state index in [-0.39, 0.29) is 18.3 Å². The van der Waals surface area contributed by atoms with Crippen LogP contribution in [-0.2, 0) is 6.42 Å².